The van der Waals surface area contributed by atoms with E-state index in [1.165, 1.54) is 0 Å². The summed E-state index contributed by atoms with van der Waals surface area (Å²) in [5.74, 6) is -0.0598. The highest BCUT2D eigenvalue weighted by Gasteiger charge is 2.29. The maximum Gasteiger partial charge on any atom is 0.238 e. The summed E-state index contributed by atoms with van der Waals surface area (Å²) in [4.78, 5) is 14.0. The Bertz CT molecular complexity index is 490. The minimum Gasteiger partial charge on any atom is -0.399 e. The van der Waals surface area contributed by atoms with Crippen LogP contribution in [0.3, 0.4) is 0 Å². The first-order valence-corrected chi connectivity index (χ1v) is 6.45. The average molecular weight is 258 g/mol. The lowest BCUT2D eigenvalue weighted by molar-refractivity contribution is -0.117. The molecule has 0 saturated heterocycles. The molecule has 1 aliphatic carbocycles. The van der Waals surface area contributed by atoms with Gasteiger partial charge in [0.05, 0.1) is 12.6 Å². The molecule has 0 aromatic heterocycles. The number of hydrogen-bond acceptors (Lipinski definition) is 4. The first kappa shape index (κ1) is 13.4. The number of nitrogens with two attached hydrogens (primary N) is 1. The third kappa shape index (κ3) is 4.27. The lowest BCUT2D eigenvalue weighted by Crippen LogP contribution is -2.35. The van der Waals surface area contributed by atoms with Crippen LogP contribution >= 0.6 is 0 Å². The first-order valence-electron chi connectivity index (χ1n) is 6.45. The number of carbonyl (C=O) groups is 1. The number of benzene rings is 1. The molecular formula is C14H18N4O. The molecule has 0 unspecified atom stereocenters. The Balaban J connectivity index is 1.87. The van der Waals surface area contributed by atoms with Crippen molar-refractivity contribution in [2.24, 2.45) is 0 Å². The molecule has 5 nitrogen and oxygen atoms in total. The number of amides is 1. The van der Waals surface area contributed by atoms with Crippen molar-refractivity contribution in [3.05, 3.63) is 24.3 Å². The molecule has 0 heterocycles. The SMILES string of the molecule is N#CCCN(CC(=O)Nc1cccc(N)c1)C1CC1. The number of nitriles is 1. The zero-order valence-electron chi connectivity index (χ0n) is 10.8. The van der Waals surface area contributed by atoms with Gasteiger partial charge in [-0.25, -0.2) is 0 Å². The second-order valence-corrected chi connectivity index (χ2v) is 4.78. The Morgan fingerprint density at radius 1 is 1.53 bits per heavy atom. The molecule has 0 radical (unpaired) electrons. The lowest BCUT2D eigenvalue weighted by atomic mass is 10.3. The molecule has 100 valence electrons. The van der Waals surface area contributed by atoms with Crippen molar-refractivity contribution in [2.75, 3.05) is 24.1 Å². The van der Waals surface area contributed by atoms with Crippen molar-refractivity contribution in [1.29, 1.82) is 5.26 Å². The fraction of sp³-hybridized carbons (Fsp3) is 0.429. The van der Waals surface area contributed by atoms with Gasteiger partial charge in [-0.05, 0) is 31.0 Å². The van der Waals surface area contributed by atoms with Crippen LogP contribution in [0, 0.1) is 11.3 Å². The fourth-order valence-corrected chi connectivity index (χ4v) is 2.03. The molecule has 1 fully saturated rings. The minimum atomic E-state index is -0.0598. The second kappa shape index (κ2) is 6.21. The van der Waals surface area contributed by atoms with E-state index in [9.17, 15) is 4.79 Å². The van der Waals surface area contributed by atoms with E-state index in [1.54, 1.807) is 18.2 Å². The molecular weight excluding hydrogens is 240 g/mol. The Labute approximate surface area is 113 Å². The van der Waals surface area contributed by atoms with Crippen LogP contribution in [-0.4, -0.2) is 29.9 Å². The number of nitrogens with one attached hydrogen (secondary N) is 1. The first-order chi connectivity index (χ1) is 9.19. The van der Waals surface area contributed by atoms with E-state index in [0.29, 0.717) is 36.9 Å². The summed E-state index contributed by atoms with van der Waals surface area (Å²) in [6.45, 7) is 0.993. The summed E-state index contributed by atoms with van der Waals surface area (Å²) >= 11 is 0. The molecule has 5 heteroatoms. The van der Waals surface area contributed by atoms with Crippen LogP contribution in [0.2, 0.25) is 0 Å². The van der Waals surface area contributed by atoms with E-state index in [4.69, 9.17) is 11.0 Å². The smallest absolute Gasteiger partial charge is 0.238 e. The molecule has 1 aliphatic rings. The monoisotopic (exact) mass is 258 g/mol. The average Bonchev–Trinajstić information content (AvgIpc) is 3.18. The van der Waals surface area contributed by atoms with Crippen molar-refractivity contribution in [2.45, 2.75) is 25.3 Å². The summed E-state index contributed by atoms with van der Waals surface area (Å²) in [6, 6.07) is 9.72. The third-order valence-corrected chi connectivity index (χ3v) is 3.09. The van der Waals surface area contributed by atoms with Crippen LogP contribution in [-0.2, 0) is 4.79 Å². The normalized spacial score (nSPS) is 14.1. The largest absolute Gasteiger partial charge is 0.399 e. The van der Waals surface area contributed by atoms with Crippen LogP contribution < -0.4 is 11.1 Å². The van der Waals surface area contributed by atoms with Gasteiger partial charge in [0.1, 0.15) is 0 Å². The number of nitrogens with zero attached hydrogens (tertiary/aromatic N) is 2. The van der Waals surface area contributed by atoms with E-state index < -0.39 is 0 Å². The number of nitrogen functional groups attached to an aromatic ring is 1. The van der Waals surface area contributed by atoms with Crippen LogP contribution in [0.15, 0.2) is 24.3 Å². The number of rotatable bonds is 6. The number of carbonyl (C=O) groups excluding carboxylic acids is 1. The van der Waals surface area contributed by atoms with Gasteiger partial charge in [0.15, 0.2) is 0 Å². The molecule has 1 aromatic carbocycles. The zero-order valence-corrected chi connectivity index (χ0v) is 10.8. The van der Waals surface area contributed by atoms with Crippen molar-refractivity contribution in [3.63, 3.8) is 0 Å². The van der Waals surface area contributed by atoms with E-state index in [-0.39, 0.29) is 5.91 Å². The Hall–Kier alpha value is -2.06. The quantitative estimate of drug-likeness (QED) is 0.759. The van der Waals surface area contributed by atoms with Gasteiger partial charge >= 0.3 is 0 Å². The van der Waals surface area contributed by atoms with Crippen LogP contribution in [0.25, 0.3) is 0 Å². The highest BCUT2D eigenvalue weighted by Crippen LogP contribution is 2.26. The van der Waals surface area contributed by atoms with Gasteiger partial charge in [-0.2, -0.15) is 5.26 Å². The summed E-state index contributed by atoms with van der Waals surface area (Å²) in [6.07, 6.45) is 2.70. The number of hydrogen-bond donors (Lipinski definition) is 2. The van der Waals surface area contributed by atoms with Crippen LogP contribution in [0.5, 0.6) is 0 Å². The third-order valence-electron chi connectivity index (χ3n) is 3.09. The van der Waals surface area contributed by atoms with Gasteiger partial charge in [-0.1, -0.05) is 6.07 Å². The maximum atomic E-state index is 12.0. The molecule has 1 amide bonds. The zero-order chi connectivity index (χ0) is 13.7. The molecule has 1 saturated carbocycles. The molecule has 19 heavy (non-hydrogen) atoms. The van der Waals surface area contributed by atoms with Crippen molar-refractivity contribution < 1.29 is 4.79 Å². The summed E-state index contributed by atoms with van der Waals surface area (Å²) in [7, 11) is 0. The predicted octanol–water partition coefficient (Wildman–Crippen LogP) is 1.59. The Kier molecular flexibility index (Phi) is 4.37. The van der Waals surface area contributed by atoms with Crippen molar-refractivity contribution in [1.82, 2.24) is 4.90 Å². The summed E-state index contributed by atoms with van der Waals surface area (Å²) in [5.41, 5.74) is 7.00. The molecule has 0 spiro atoms. The van der Waals surface area contributed by atoms with E-state index in [0.717, 1.165) is 12.8 Å². The van der Waals surface area contributed by atoms with Gasteiger partial charge in [0.25, 0.3) is 0 Å². The van der Waals surface area contributed by atoms with E-state index in [1.807, 2.05) is 6.07 Å². The molecule has 2 rings (SSSR count). The molecule has 1 aromatic rings. The van der Waals surface area contributed by atoms with Crippen LogP contribution in [0.1, 0.15) is 19.3 Å². The van der Waals surface area contributed by atoms with E-state index >= 15 is 0 Å². The predicted molar refractivity (Wildman–Crippen MR) is 74.3 cm³/mol. The van der Waals surface area contributed by atoms with Gasteiger partial charge in [0.2, 0.25) is 5.91 Å². The minimum absolute atomic E-state index is 0.0598. The highest BCUT2D eigenvalue weighted by molar-refractivity contribution is 5.92. The van der Waals surface area contributed by atoms with Crippen molar-refractivity contribution >= 4 is 17.3 Å². The van der Waals surface area contributed by atoms with E-state index in [2.05, 4.69) is 16.3 Å². The van der Waals surface area contributed by atoms with Gasteiger partial charge < -0.3 is 11.1 Å². The molecule has 0 bridgehead atoms. The molecule has 0 aliphatic heterocycles. The van der Waals surface area contributed by atoms with Crippen molar-refractivity contribution in [3.8, 4) is 6.07 Å². The Morgan fingerprint density at radius 3 is 2.95 bits per heavy atom. The van der Waals surface area contributed by atoms with Gasteiger partial charge in [-0.15, -0.1) is 0 Å². The fourth-order valence-electron chi connectivity index (χ4n) is 2.03. The summed E-state index contributed by atoms with van der Waals surface area (Å²) < 4.78 is 0. The highest BCUT2D eigenvalue weighted by atomic mass is 16.2. The molecule has 0 atom stereocenters. The maximum absolute atomic E-state index is 12.0. The molecule has 3 N–H and O–H groups in total. The van der Waals surface area contributed by atoms with Gasteiger partial charge in [-0.3, -0.25) is 9.69 Å². The Morgan fingerprint density at radius 2 is 2.32 bits per heavy atom. The standard InChI is InChI=1S/C14H18N4O/c15-7-2-8-18(13-5-6-13)10-14(19)17-12-4-1-3-11(16)9-12/h1,3-4,9,13H,2,5-6,8,10,16H2,(H,17,19). The topological polar surface area (TPSA) is 82.2 Å². The van der Waals surface area contributed by atoms with Gasteiger partial charge in [0, 0.05) is 30.4 Å². The number of anilines is 2. The van der Waals surface area contributed by atoms with Crippen LogP contribution in [0.4, 0.5) is 11.4 Å². The summed E-state index contributed by atoms with van der Waals surface area (Å²) in [5, 5.41) is 11.5. The second-order valence-electron chi connectivity index (χ2n) is 4.78. The lowest BCUT2D eigenvalue weighted by Gasteiger charge is -2.19.